The van der Waals surface area contributed by atoms with Crippen LogP contribution in [0, 0.1) is 6.92 Å². The number of anilines is 1. The van der Waals surface area contributed by atoms with Gasteiger partial charge in [0, 0.05) is 29.4 Å². The Labute approximate surface area is 193 Å². The Balaban J connectivity index is 1.48. The normalized spacial score (nSPS) is 13.4. The first kappa shape index (κ1) is 22.7. The van der Waals surface area contributed by atoms with Gasteiger partial charge >= 0.3 is 0 Å². The molecule has 4 rings (SSSR count). The topological polar surface area (TPSA) is 104 Å². The highest BCUT2D eigenvalue weighted by molar-refractivity contribution is 7.89. The van der Waals surface area contributed by atoms with Crippen molar-refractivity contribution in [1.29, 1.82) is 0 Å². The minimum absolute atomic E-state index is 0.0450. The molecule has 3 N–H and O–H groups in total. The SMILES string of the molecule is Cc1ccc(C(=O)Nc2cccc(C(=O)NC3CC3)c2)cc1S(=O)(=O)NCc1ccccc1. The molecule has 2 amide bonds. The summed E-state index contributed by atoms with van der Waals surface area (Å²) < 4.78 is 28.4. The molecule has 1 aliphatic rings. The van der Waals surface area contributed by atoms with E-state index in [0.717, 1.165) is 18.4 Å². The first-order chi connectivity index (χ1) is 15.8. The molecule has 3 aromatic rings. The third-order valence-corrected chi connectivity index (χ3v) is 6.89. The van der Waals surface area contributed by atoms with Crippen LogP contribution in [-0.2, 0) is 16.6 Å². The molecule has 0 aromatic heterocycles. The monoisotopic (exact) mass is 463 g/mol. The van der Waals surface area contributed by atoms with E-state index in [0.29, 0.717) is 16.8 Å². The summed E-state index contributed by atoms with van der Waals surface area (Å²) in [6.07, 6.45) is 1.97. The molecule has 7 nitrogen and oxygen atoms in total. The zero-order valence-corrected chi connectivity index (χ0v) is 19.0. The van der Waals surface area contributed by atoms with E-state index in [-0.39, 0.29) is 29.0 Å². The van der Waals surface area contributed by atoms with Crippen LogP contribution in [0.15, 0.2) is 77.7 Å². The van der Waals surface area contributed by atoms with E-state index in [1.807, 2.05) is 30.3 Å². The van der Waals surface area contributed by atoms with Crippen LogP contribution in [0.5, 0.6) is 0 Å². The second-order valence-corrected chi connectivity index (χ2v) is 9.81. The van der Waals surface area contributed by atoms with Crippen molar-refractivity contribution in [1.82, 2.24) is 10.0 Å². The van der Waals surface area contributed by atoms with E-state index in [9.17, 15) is 18.0 Å². The van der Waals surface area contributed by atoms with Crippen LogP contribution in [0.2, 0.25) is 0 Å². The van der Waals surface area contributed by atoms with Gasteiger partial charge in [-0.1, -0.05) is 42.5 Å². The molecule has 0 aliphatic heterocycles. The van der Waals surface area contributed by atoms with E-state index in [1.54, 1.807) is 43.3 Å². The smallest absolute Gasteiger partial charge is 0.255 e. The molecule has 0 unspecified atom stereocenters. The molecule has 33 heavy (non-hydrogen) atoms. The molecule has 0 atom stereocenters. The van der Waals surface area contributed by atoms with Gasteiger partial charge in [-0.2, -0.15) is 0 Å². The molecule has 1 fully saturated rings. The van der Waals surface area contributed by atoms with Crippen LogP contribution in [0.4, 0.5) is 5.69 Å². The van der Waals surface area contributed by atoms with E-state index >= 15 is 0 Å². The predicted octanol–water partition coefficient (Wildman–Crippen LogP) is 3.62. The van der Waals surface area contributed by atoms with Crippen LogP contribution >= 0.6 is 0 Å². The lowest BCUT2D eigenvalue weighted by atomic mass is 10.1. The number of rotatable bonds is 8. The molecular weight excluding hydrogens is 438 g/mol. The highest BCUT2D eigenvalue weighted by atomic mass is 32.2. The standard InChI is InChI=1S/C25H25N3O4S/c1-17-10-11-20(15-23(17)33(31,32)26-16-18-6-3-2-4-7-18)25(30)28-22-9-5-8-19(14-22)24(29)27-21-12-13-21/h2-11,14-15,21,26H,12-13,16H2,1H3,(H,27,29)(H,28,30). The lowest BCUT2D eigenvalue weighted by Gasteiger charge is -2.12. The van der Waals surface area contributed by atoms with Gasteiger partial charge < -0.3 is 10.6 Å². The van der Waals surface area contributed by atoms with Crippen molar-refractivity contribution in [3.05, 3.63) is 95.1 Å². The average Bonchev–Trinajstić information content (AvgIpc) is 3.63. The number of aryl methyl sites for hydroxylation is 1. The van der Waals surface area contributed by atoms with Crippen molar-refractivity contribution in [3.63, 3.8) is 0 Å². The highest BCUT2D eigenvalue weighted by Crippen LogP contribution is 2.21. The quantitative estimate of drug-likeness (QED) is 0.475. The number of benzene rings is 3. The molecule has 0 heterocycles. The fourth-order valence-electron chi connectivity index (χ4n) is 3.32. The van der Waals surface area contributed by atoms with E-state index < -0.39 is 15.9 Å². The Hall–Kier alpha value is -3.49. The number of hydrogen-bond acceptors (Lipinski definition) is 4. The van der Waals surface area contributed by atoms with Crippen LogP contribution in [0.1, 0.15) is 44.7 Å². The number of hydrogen-bond donors (Lipinski definition) is 3. The van der Waals surface area contributed by atoms with Gasteiger partial charge in [0.15, 0.2) is 0 Å². The summed E-state index contributed by atoms with van der Waals surface area (Å²) >= 11 is 0. The fourth-order valence-corrected chi connectivity index (χ4v) is 4.61. The Morgan fingerprint density at radius 2 is 1.61 bits per heavy atom. The maximum absolute atomic E-state index is 12.9. The third kappa shape index (κ3) is 5.85. The van der Waals surface area contributed by atoms with Crippen molar-refractivity contribution in [2.75, 3.05) is 5.32 Å². The molecule has 1 aliphatic carbocycles. The number of sulfonamides is 1. The first-order valence-corrected chi connectivity index (χ1v) is 12.2. The summed E-state index contributed by atoms with van der Waals surface area (Å²) in [4.78, 5) is 25.1. The van der Waals surface area contributed by atoms with Gasteiger partial charge in [0.1, 0.15) is 0 Å². The minimum atomic E-state index is -3.82. The van der Waals surface area contributed by atoms with Crippen molar-refractivity contribution in [2.45, 2.75) is 37.2 Å². The maximum atomic E-state index is 12.9. The van der Waals surface area contributed by atoms with Crippen molar-refractivity contribution >= 4 is 27.5 Å². The molecule has 0 radical (unpaired) electrons. The van der Waals surface area contributed by atoms with Gasteiger partial charge in [0.25, 0.3) is 11.8 Å². The fraction of sp³-hybridized carbons (Fsp3) is 0.200. The first-order valence-electron chi connectivity index (χ1n) is 10.7. The summed E-state index contributed by atoms with van der Waals surface area (Å²) in [6.45, 7) is 1.83. The summed E-state index contributed by atoms with van der Waals surface area (Å²) in [6, 6.07) is 20.6. The number of carbonyl (C=O) groups excluding carboxylic acids is 2. The molecule has 170 valence electrons. The molecular formula is C25H25N3O4S. The molecule has 0 saturated heterocycles. The number of nitrogens with one attached hydrogen (secondary N) is 3. The molecule has 3 aromatic carbocycles. The third-order valence-electron chi connectivity index (χ3n) is 5.34. The summed E-state index contributed by atoms with van der Waals surface area (Å²) in [5.41, 5.74) is 2.48. The van der Waals surface area contributed by atoms with Gasteiger partial charge in [-0.3, -0.25) is 9.59 Å². The van der Waals surface area contributed by atoms with E-state index in [4.69, 9.17) is 0 Å². The molecule has 0 bridgehead atoms. The Morgan fingerprint density at radius 1 is 0.879 bits per heavy atom. The van der Waals surface area contributed by atoms with E-state index in [2.05, 4.69) is 15.4 Å². The van der Waals surface area contributed by atoms with Crippen LogP contribution in [-0.4, -0.2) is 26.3 Å². The molecule has 1 saturated carbocycles. The van der Waals surface area contributed by atoms with E-state index in [1.165, 1.54) is 6.07 Å². The lowest BCUT2D eigenvalue weighted by Crippen LogP contribution is -2.25. The summed E-state index contributed by atoms with van der Waals surface area (Å²) in [5, 5.41) is 5.66. The van der Waals surface area contributed by atoms with Crippen molar-refractivity contribution in [3.8, 4) is 0 Å². The zero-order valence-electron chi connectivity index (χ0n) is 18.2. The van der Waals surface area contributed by atoms with Gasteiger partial charge in [0.05, 0.1) is 4.90 Å². The van der Waals surface area contributed by atoms with Gasteiger partial charge in [-0.05, 0) is 61.2 Å². The van der Waals surface area contributed by atoms with Gasteiger partial charge in [-0.25, -0.2) is 13.1 Å². The number of amides is 2. The second-order valence-electron chi connectivity index (χ2n) is 8.07. The van der Waals surface area contributed by atoms with Crippen LogP contribution in [0.3, 0.4) is 0 Å². The Bertz CT molecular complexity index is 1290. The Morgan fingerprint density at radius 3 is 2.33 bits per heavy atom. The van der Waals surface area contributed by atoms with Crippen molar-refractivity contribution in [2.24, 2.45) is 0 Å². The molecule has 0 spiro atoms. The average molecular weight is 464 g/mol. The Kier molecular flexibility index (Phi) is 6.57. The second kappa shape index (κ2) is 9.56. The summed E-state index contributed by atoms with van der Waals surface area (Å²) in [5.74, 6) is -0.643. The van der Waals surface area contributed by atoms with Gasteiger partial charge in [-0.15, -0.1) is 0 Å². The lowest BCUT2D eigenvalue weighted by molar-refractivity contribution is 0.0949. The van der Waals surface area contributed by atoms with Crippen molar-refractivity contribution < 1.29 is 18.0 Å². The minimum Gasteiger partial charge on any atom is -0.349 e. The zero-order chi connectivity index (χ0) is 23.4. The maximum Gasteiger partial charge on any atom is 0.255 e. The summed E-state index contributed by atoms with van der Waals surface area (Å²) in [7, 11) is -3.82. The highest BCUT2D eigenvalue weighted by Gasteiger charge is 2.24. The predicted molar refractivity (Wildman–Crippen MR) is 127 cm³/mol. The van der Waals surface area contributed by atoms with Crippen LogP contribution in [0.25, 0.3) is 0 Å². The number of carbonyl (C=O) groups is 2. The van der Waals surface area contributed by atoms with Crippen LogP contribution < -0.4 is 15.4 Å². The largest absolute Gasteiger partial charge is 0.349 e. The molecule has 8 heteroatoms. The van der Waals surface area contributed by atoms with Gasteiger partial charge in [0.2, 0.25) is 10.0 Å².